The summed E-state index contributed by atoms with van der Waals surface area (Å²) >= 11 is 3.47. The fourth-order valence-electron chi connectivity index (χ4n) is 2.77. The van der Waals surface area contributed by atoms with Gasteiger partial charge in [-0.25, -0.2) is 4.98 Å². The molecule has 0 amide bonds. The number of aryl methyl sites for hydroxylation is 2. The summed E-state index contributed by atoms with van der Waals surface area (Å²) in [7, 11) is 1.66. The van der Waals surface area contributed by atoms with Gasteiger partial charge in [0.05, 0.1) is 12.6 Å². The van der Waals surface area contributed by atoms with Crippen molar-refractivity contribution in [2.75, 3.05) is 12.8 Å². The van der Waals surface area contributed by atoms with E-state index in [1.165, 1.54) is 5.56 Å². The molecule has 0 aliphatic heterocycles. The summed E-state index contributed by atoms with van der Waals surface area (Å²) in [5.41, 5.74) is 11.4. The van der Waals surface area contributed by atoms with E-state index >= 15 is 0 Å². The SMILES string of the molecule is COc1cc(Br)ccc1-c1c(N)nc2ccc(C)cc2c1C. The molecule has 0 bridgehead atoms. The number of nitrogens with zero attached hydrogens (tertiary/aromatic N) is 1. The van der Waals surface area contributed by atoms with Gasteiger partial charge in [0.25, 0.3) is 0 Å². The summed E-state index contributed by atoms with van der Waals surface area (Å²) in [4.78, 5) is 4.56. The molecule has 3 nitrogen and oxygen atoms in total. The minimum atomic E-state index is 0.523. The molecule has 4 heteroatoms. The molecule has 0 unspecified atom stereocenters. The zero-order valence-corrected chi connectivity index (χ0v) is 14.4. The Balaban J connectivity index is 2.36. The van der Waals surface area contributed by atoms with Crippen LogP contribution in [0.4, 0.5) is 5.82 Å². The summed E-state index contributed by atoms with van der Waals surface area (Å²) in [5.74, 6) is 1.30. The van der Waals surface area contributed by atoms with Crippen molar-refractivity contribution >= 4 is 32.7 Å². The van der Waals surface area contributed by atoms with E-state index in [9.17, 15) is 0 Å². The van der Waals surface area contributed by atoms with E-state index in [0.717, 1.165) is 37.8 Å². The number of rotatable bonds is 2. The first-order valence-corrected chi connectivity index (χ1v) is 7.81. The molecular formula is C18H17BrN2O. The number of ether oxygens (including phenoxy) is 1. The highest BCUT2D eigenvalue weighted by molar-refractivity contribution is 9.10. The number of benzene rings is 2. The highest BCUT2D eigenvalue weighted by Crippen LogP contribution is 2.39. The lowest BCUT2D eigenvalue weighted by Gasteiger charge is -2.15. The summed E-state index contributed by atoms with van der Waals surface area (Å²) in [6, 6.07) is 12.1. The van der Waals surface area contributed by atoms with Crippen molar-refractivity contribution in [3.8, 4) is 16.9 Å². The van der Waals surface area contributed by atoms with E-state index in [1.807, 2.05) is 30.3 Å². The Labute approximate surface area is 138 Å². The third kappa shape index (κ3) is 2.44. The highest BCUT2D eigenvalue weighted by atomic mass is 79.9. The number of methoxy groups -OCH3 is 1. The van der Waals surface area contributed by atoms with E-state index in [4.69, 9.17) is 10.5 Å². The van der Waals surface area contributed by atoms with Crippen LogP contribution in [0.5, 0.6) is 5.75 Å². The number of aromatic nitrogens is 1. The summed E-state index contributed by atoms with van der Waals surface area (Å²) < 4.78 is 6.48. The number of halogens is 1. The number of anilines is 1. The third-order valence-corrected chi connectivity index (χ3v) is 4.35. The minimum absolute atomic E-state index is 0.523. The van der Waals surface area contributed by atoms with Crippen molar-refractivity contribution in [3.05, 3.63) is 52.0 Å². The monoisotopic (exact) mass is 356 g/mol. The quantitative estimate of drug-likeness (QED) is 0.712. The first kappa shape index (κ1) is 14.9. The van der Waals surface area contributed by atoms with Gasteiger partial charge in [0.15, 0.2) is 0 Å². The van der Waals surface area contributed by atoms with Crippen molar-refractivity contribution in [1.82, 2.24) is 4.98 Å². The van der Waals surface area contributed by atoms with Crippen LogP contribution in [0.2, 0.25) is 0 Å². The molecule has 22 heavy (non-hydrogen) atoms. The second-order valence-corrected chi connectivity index (χ2v) is 6.28. The van der Waals surface area contributed by atoms with Gasteiger partial charge in [-0.15, -0.1) is 0 Å². The summed E-state index contributed by atoms with van der Waals surface area (Å²) in [6.07, 6.45) is 0. The molecule has 1 heterocycles. The first-order valence-electron chi connectivity index (χ1n) is 7.01. The molecule has 0 aliphatic carbocycles. The Kier molecular flexibility index (Phi) is 3.79. The zero-order chi connectivity index (χ0) is 15.9. The van der Waals surface area contributed by atoms with Crippen molar-refractivity contribution in [1.29, 1.82) is 0 Å². The van der Waals surface area contributed by atoms with Crippen LogP contribution in [-0.2, 0) is 0 Å². The van der Waals surface area contributed by atoms with Crippen LogP contribution < -0.4 is 10.5 Å². The van der Waals surface area contributed by atoms with Gasteiger partial charge < -0.3 is 10.5 Å². The Bertz CT molecular complexity index is 875. The van der Waals surface area contributed by atoms with E-state index in [0.29, 0.717) is 5.82 Å². The Morgan fingerprint density at radius 3 is 2.59 bits per heavy atom. The van der Waals surface area contributed by atoms with Gasteiger partial charge in [0.1, 0.15) is 11.6 Å². The first-order chi connectivity index (χ1) is 10.5. The Morgan fingerprint density at radius 2 is 1.86 bits per heavy atom. The molecule has 0 saturated carbocycles. The normalized spacial score (nSPS) is 10.9. The zero-order valence-electron chi connectivity index (χ0n) is 12.8. The smallest absolute Gasteiger partial charge is 0.132 e. The molecule has 2 N–H and O–H groups in total. The Morgan fingerprint density at radius 1 is 1.09 bits per heavy atom. The van der Waals surface area contributed by atoms with Gasteiger partial charge in [-0.1, -0.05) is 27.6 Å². The van der Waals surface area contributed by atoms with Crippen LogP contribution >= 0.6 is 15.9 Å². The number of fused-ring (bicyclic) bond motifs is 1. The van der Waals surface area contributed by atoms with Crippen LogP contribution in [0, 0.1) is 13.8 Å². The molecule has 3 rings (SSSR count). The molecular weight excluding hydrogens is 340 g/mol. The molecule has 0 fully saturated rings. The summed E-state index contributed by atoms with van der Waals surface area (Å²) in [5, 5.41) is 1.12. The van der Waals surface area contributed by atoms with Crippen molar-refractivity contribution in [2.45, 2.75) is 13.8 Å². The second-order valence-electron chi connectivity index (χ2n) is 5.36. The predicted molar refractivity (Wildman–Crippen MR) is 95.3 cm³/mol. The maximum atomic E-state index is 6.24. The van der Waals surface area contributed by atoms with Gasteiger partial charge >= 0.3 is 0 Å². The highest BCUT2D eigenvalue weighted by Gasteiger charge is 2.16. The standard InChI is InChI=1S/C18H17BrN2O/c1-10-4-7-15-14(8-10)11(2)17(18(20)21-15)13-6-5-12(19)9-16(13)22-3/h4-9H,1-3H3,(H2,20,21). The Hall–Kier alpha value is -2.07. The largest absolute Gasteiger partial charge is 0.496 e. The van der Waals surface area contributed by atoms with Gasteiger partial charge in [0, 0.05) is 21.0 Å². The number of hydrogen-bond donors (Lipinski definition) is 1. The van der Waals surface area contributed by atoms with Gasteiger partial charge in [0.2, 0.25) is 0 Å². The molecule has 0 saturated heterocycles. The lowest BCUT2D eigenvalue weighted by molar-refractivity contribution is 0.416. The van der Waals surface area contributed by atoms with Gasteiger partial charge in [-0.05, 0) is 49.7 Å². The van der Waals surface area contributed by atoms with E-state index in [1.54, 1.807) is 7.11 Å². The molecule has 2 aromatic carbocycles. The average Bonchev–Trinajstić information content (AvgIpc) is 2.49. The van der Waals surface area contributed by atoms with E-state index < -0.39 is 0 Å². The van der Waals surface area contributed by atoms with Gasteiger partial charge in [-0.2, -0.15) is 0 Å². The third-order valence-electron chi connectivity index (χ3n) is 3.86. The molecule has 0 spiro atoms. The fraction of sp³-hybridized carbons (Fsp3) is 0.167. The number of hydrogen-bond acceptors (Lipinski definition) is 3. The lowest BCUT2D eigenvalue weighted by atomic mass is 9.96. The van der Waals surface area contributed by atoms with Crippen molar-refractivity contribution in [2.24, 2.45) is 0 Å². The molecule has 112 valence electrons. The molecule has 0 atom stereocenters. The predicted octanol–water partition coefficient (Wildman–Crippen LogP) is 4.87. The van der Waals surface area contributed by atoms with Crippen molar-refractivity contribution in [3.63, 3.8) is 0 Å². The lowest BCUT2D eigenvalue weighted by Crippen LogP contribution is -2.00. The van der Waals surface area contributed by atoms with Gasteiger partial charge in [-0.3, -0.25) is 0 Å². The maximum Gasteiger partial charge on any atom is 0.132 e. The van der Waals surface area contributed by atoms with E-state index in [2.05, 4.69) is 40.8 Å². The average molecular weight is 357 g/mol. The van der Waals surface area contributed by atoms with E-state index in [-0.39, 0.29) is 0 Å². The fourth-order valence-corrected chi connectivity index (χ4v) is 3.11. The molecule has 3 aromatic rings. The van der Waals surface area contributed by atoms with Crippen LogP contribution in [0.1, 0.15) is 11.1 Å². The van der Waals surface area contributed by atoms with Crippen LogP contribution in [0.15, 0.2) is 40.9 Å². The van der Waals surface area contributed by atoms with Crippen LogP contribution in [-0.4, -0.2) is 12.1 Å². The van der Waals surface area contributed by atoms with Crippen LogP contribution in [0.25, 0.3) is 22.0 Å². The number of nitrogens with two attached hydrogens (primary N) is 1. The van der Waals surface area contributed by atoms with Crippen molar-refractivity contribution < 1.29 is 4.74 Å². The minimum Gasteiger partial charge on any atom is -0.496 e. The van der Waals surface area contributed by atoms with Crippen LogP contribution in [0.3, 0.4) is 0 Å². The number of nitrogen functional groups attached to an aromatic ring is 1. The second kappa shape index (κ2) is 5.61. The maximum absolute atomic E-state index is 6.24. The molecule has 1 aromatic heterocycles. The summed E-state index contributed by atoms with van der Waals surface area (Å²) in [6.45, 7) is 4.16. The topological polar surface area (TPSA) is 48.1 Å². The molecule has 0 radical (unpaired) electrons. The molecule has 0 aliphatic rings. The number of pyridine rings is 1.